The van der Waals surface area contributed by atoms with Crippen LogP contribution in [-0.2, 0) is 0 Å². The molecule has 0 atom stereocenters. The molecule has 0 spiro atoms. The molecule has 4 heteroatoms. The minimum absolute atomic E-state index is 0.692. The lowest BCUT2D eigenvalue weighted by Gasteiger charge is -2.16. The monoisotopic (exact) mass is 262 g/mol. The van der Waals surface area contributed by atoms with Crippen LogP contribution in [0.3, 0.4) is 0 Å². The van der Waals surface area contributed by atoms with E-state index in [-0.39, 0.29) is 0 Å². The highest BCUT2D eigenvalue weighted by Gasteiger charge is 2.18. The minimum atomic E-state index is -1.47. The predicted molar refractivity (Wildman–Crippen MR) is 74.4 cm³/mol. The van der Waals surface area contributed by atoms with Crippen molar-refractivity contribution in [1.29, 1.82) is 0 Å². The Morgan fingerprint density at radius 1 is 0.778 bits per heavy atom. The molecule has 0 saturated heterocycles. The van der Waals surface area contributed by atoms with Gasteiger partial charge in [-0.25, -0.2) is 0 Å². The van der Waals surface area contributed by atoms with Crippen molar-refractivity contribution in [1.82, 2.24) is 0 Å². The van der Waals surface area contributed by atoms with E-state index < -0.39 is 8.15 Å². The van der Waals surface area contributed by atoms with Crippen molar-refractivity contribution in [2.45, 2.75) is 0 Å². The molecule has 0 radical (unpaired) electrons. The van der Waals surface area contributed by atoms with Gasteiger partial charge < -0.3 is 14.4 Å². The van der Waals surface area contributed by atoms with Crippen molar-refractivity contribution < 1.29 is 14.4 Å². The fourth-order valence-corrected chi connectivity index (χ4v) is 3.20. The Hall–Kier alpha value is -1.57. The van der Waals surface area contributed by atoms with Crippen molar-refractivity contribution >= 4 is 18.8 Å². The molecule has 94 valence electrons. The second kappa shape index (κ2) is 5.85. The smallest absolute Gasteiger partial charge is 0.129 e. The quantitative estimate of drug-likeness (QED) is 0.857. The van der Waals surface area contributed by atoms with Gasteiger partial charge in [-0.05, 0) is 24.3 Å². The second-order valence-corrected chi connectivity index (χ2v) is 5.24. The summed E-state index contributed by atoms with van der Waals surface area (Å²) in [4.78, 5) is 10.5. The summed E-state index contributed by atoms with van der Waals surface area (Å²) in [5.41, 5.74) is 0. The maximum atomic E-state index is 10.5. The number of rotatable bonds is 4. The van der Waals surface area contributed by atoms with Gasteiger partial charge >= 0.3 is 0 Å². The largest absolute Gasteiger partial charge is 0.496 e. The summed E-state index contributed by atoms with van der Waals surface area (Å²) in [5.74, 6) is 1.38. The highest BCUT2D eigenvalue weighted by atomic mass is 31.1. The number of hydrogen-bond acceptors (Lipinski definition) is 3. The van der Waals surface area contributed by atoms with Gasteiger partial charge in [0.25, 0.3) is 0 Å². The Kier molecular flexibility index (Phi) is 4.19. The molecule has 1 N–H and O–H groups in total. The lowest BCUT2D eigenvalue weighted by molar-refractivity contribution is 0.416. The highest BCUT2D eigenvalue weighted by molar-refractivity contribution is 7.68. The third kappa shape index (κ3) is 2.47. The summed E-state index contributed by atoms with van der Waals surface area (Å²) in [7, 11) is 1.73. The lowest BCUT2D eigenvalue weighted by Crippen LogP contribution is -2.15. The fourth-order valence-electron chi connectivity index (χ4n) is 1.74. The van der Waals surface area contributed by atoms with Crippen molar-refractivity contribution in [2.24, 2.45) is 0 Å². The van der Waals surface area contributed by atoms with Crippen LogP contribution in [0.4, 0.5) is 0 Å². The Morgan fingerprint density at radius 3 is 1.56 bits per heavy atom. The third-order valence-corrected chi connectivity index (χ3v) is 4.28. The number of hydrogen-bond donors (Lipinski definition) is 1. The molecule has 18 heavy (non-hydrogen) atoms. The van der Waals surface area contributed by atoms with Crippen LogP contribution in [0.15, 0.2) is 48.5 Å². The molecule has 2 aromatic carbocycles. The summed E-state index contributed by atoms with van der Waals surface area (Å²) in [6.45, 7) is 0. The maximum Gasteiger partial charge on any atom is 0.129 e. The maximum absolute atomic E-state index is 10.5. The zero-order valence-corrected chi connectivity index (χ0v) is 11.2. The van der Waals surface area contributed by atoms with Crippen LogP contribution in [0.5, 0.6) is 11.5 Å². The molecule has 0 heterocycles. The fraction of sp³-hybridized carbons (Fsp3) is 0.143. The first-order valence-electron chi connectivity index (χ1n) is 5.53. The molecule has 0 aliphatic rings. The molecule has 0 amide bonds. The van der Waals surface area contributed by atoms with E-state index in [2.05, 4.69) is 0 Å². The molecule has 0 bridgehead atoms. The first-order valence-corrected chi connectivity index (χ1v) is 6.82. The number of ether oxygens (including phenoxy) is 2. The number of para-hydroxylation sites is 2. The lowest BCUT2D eigenvalue weighted by atomic mass is 10.3. The second-order valence-electron chi connectivity index (χ2n) is 3.66. The normalized spacial score (nSPS) is 10.4. The first-order chi connectivity index (χ1) is 8.77. The van der Waals surface area contributed by atoms with Gasteiger partial charge in [0.15, 0.2) is 0 Å². The van der Waals surface area contributed by atoms with Gasteiger partial charge in [0.05, 0.1) is 22.4 Å². The van der Waals surface area contributed by atoms with E-state index in [1.165, 1.54) is 0 Å². The average Bonchev–Trinajstić information content (AvgIpc) is 2.46. The molecular weight excluding hydrogens is 247 g/mol. The predicted octanol–water partition coefficient (Wildman–Crippen LogP) is 2.04. The molecule has 2 aromatic rings. The van der Waals surface area contributed by atoms with Gasteiger partial charge in [0, 0.05) is 10.6 Å². The van der Waals surface area contributed by atoms with Crippen LogP contribution in [0.1, 0.15) is 0 Å². The number of methoxy groups -OCH3 is 2. The molecule has 0 aromatic heterocycles. The Morgan fingerprint density at radius 2 is 1.17 bits per heavy atom. The van der Waals surface area contributed by atoms with Gasteiger partial charge in [-0.15, -0.1) is 0 Å². The van der Waals surface area contributed by atoms with Crippen LogP contribution < -0.4 is 20.1 Å². The number of benzene rings is 2. The Balaban J connectivity index is 2.44. The summed E-state index contributed by atoms with van der Waals surface area (Å²) in [6.07, 6.45) is 0. The van der Waals surface area contributed by atoms with Crippen molar-refractivity contribution in [3.8, 4) is 11.5 Å². The van der Waals surface area contributed by atoms with E-state index in [1.807, 2.05) is 48.5 Å². The zero-order valence-electron chi connectivity index (χ0n) is 10.3. The molecule has 0 aliphatic heterocycles. The SMILES string of the molecule is COc1ccccc1P(O)c1ccccc1OC. The average molecular weight is 262 g/mol. The Labute approximate surface area is 108 Å². The standard InChI is InChI=1S/C14H15O3P/c1-16-11-7-3-5-9-13(11)18(15)14-10-6-4-8-12(14)17-2/h3-10,15H,1-2H3. The van der Waals surface area contributed by atoms with E-state index >= 15 is 0 Å². The molecule has 0 fully saturated rings. The van der Waals surface area contributed by atoms with Gasteiger partial charge in [0.1, 0.15) is 11.5 Å². The zero-order chi connectivity index (χ0) is 13.0. The van der Waals surface area contributed by atoms with E-state index in [0.29, 0.717) is 11.5 Å². The molecule has 0 aliphatic carbocycles. The summed E-state index contributed by atoms with van der Waals surface area (Å²) < 4.78 is 10.6. The van der Waals surface area contributed by atoms with Crippen LogP contribution >= 0.6 is 8.15 Å². The van der Waals surface area contributed by atoms with Crippen LogP contribution in [-0.4, -0.2) is 19.1 Å². The van der Waals surface area contributed by atoms with Gasteiger partial charge in [-0.1, -0.05) is 24.3 Å². The van der Waals surface area contributed by atoms with Crippen molar-refractivity contribution in [3.63, 3.8) is 0 Å². The highest BCUT2D eigenvalue weighted by Crippen LogP contribution is 2.35. The summed E-state index contributed by atoms with van der Waals surface area (Å²) >= 11 is 0. The molecule has 0 unspecified atom stereocenters. The van der Waals surface area contributed by atoms with E-state index in [1.54, 1.807) is 14.2 Å². The molecule has 0 saturated carbocycles. The van der Waals surface area contributed by atoms with Crippen LogP contribution in [0.25, 0.3) is 0 Å². The van der Waals surface area contributed by atoms with Crippen LogP contribution in [0, 0.1) is 0 Å². The van der Waals surface area contributed by atoms with Gasteiger partial charge in [0.2, 0.25) is 0 Å². The molecule has 2 rings (SSSR count). The Bertz CT molecular complexity index is 480. The van der Waals surface area contributed by atoms with Gasteiger partial charge in [-0.3, -0.25) is 0 Å². The topological polar surface area (TPSA) is 38.7 Å². The van der Waals surface area contributed by atoms with Crippen molar-refractivity contribution in [2.75, 3.05) is 14.2 Å². The van der Waals surface area contributed by atoms with Crippen LogP contribution in [0.2, 0.25) is 0 Å². The first kappa shape index (κ1) is 12.9. The summed E-state index contributed by atoms with van der Waals surface area (Å²) in [6, 6.07) is 15.0. The minimum Gasteiger partial charge on any atom is -0.496 e. The van der Waals surface area contributed by atoms with E-state index in [4.69, 9.17) is 9.47 Å². The van der Waals surface area contributed by atoms with E-state index in [9.17, 15) is 4.89 Å². The van der Waals surface area contributed by atoms with Crippen molar-refractivity contribution in [3.05, 3.63) is 48.5 Å². The van der Waals surface area contributed by atoms with E-state index in [0.717, 1.165) is 10.6 Å². The van der Waals surface area contributed by atoms with Gasteiger partial charge in [-0.2, -0.15) is 0 Å². The molecular formula is C14H15O3P. The summed E-state index contributed by atoms with van der Waals surface area (Å²) in [5, 5.41) is 1.58. The third-order valence-electron chi connectivity index (χ3n) is 2.63. The molecule has 3 nitrogen and oxygen atoms in total.